The first kappa shape index (κ1) is 18.7. The molecule has 7 heteroatoms. The van der Waals surface area contributed by atoms with Crippen LogP contribution in [0.15, 0.2) is 59.5 Å². The predicted octanol–water partition coefficient (Wildman–Crippen LogP) is 3.36. The second kappa shape index (κ2) is 8.05. The van der Waals surface area contributed by atoms with E-state index in [-0.39, 0.29) is 17.7 Å². The Morgan fingerprint density at radius 3 is 2.48 bits per heavy atom. The third kappa shape index (κ3) is 4.01. The fourth-order valence-electron chi connectivity index (χ4n) is 2.68. The average molecular weight is 386 g/mol. The maximum absolute atomic E-state index is 12.9. The van der Waals surface area contributed by atoms with Crippen LogP contribution >= 0.6 is 11.6 Å². The standard InChI is InChI=1S/C20H16ClNO5/c1-2-26-18(23)12-27-20(25)17-11-22(14-7-5-6-13(21)10-14)19(24)16-9-4-3-8-15(16)17/h3-11H,2,12H2,1H3. The second-order valence-electron chi connectivity index (χ2n) is 5.62. The van der Waals surface area contributed by atoms with E-state index in [1.165, 1.54) is 10.8 Å². The molecule has 0 amide bonds. The Balaban J connectivity index is 2.09. The molecule has 1 aromatic heterocycles. The second-order valence-corrected chi connectivity index (χ2v) is 6.06. The average Bonchev–Trinajstić information content (AvgIpc) is 2.67. The van der Waals surface area contributed by atoms with Gasteiger partial charge in [0, 0.05) is 22.0 Å². The topological polar surface area (TPSA) is 74.6 Å². The number of fused-ring (bicyclic) bond motifs is 1. The Labute approximate surface area is 159 Å². The molecule has 3 aromatic rings. The Hall–Kier alpha value is -3.12. The van der Waals surface area contributed by atoms with Crippen molar-refractivity contribution < 1.29 is 19.1 Å². The van der Waals surface area contributed by atoms with Crippen LogP contribution in [0.5, 0.6) is 0 Å². The van der Waals surface area contributed by atoms with Crippen molar-refractivity contribution in [3.8, 4) is 5.69 Å². The van der Waals surface area contributed by atoms with Crippen molar-refractivity contribution in [2.45, 2.75) is 6.92 Å². The molecule has 0 aliphatic rings. The van der Waals surface area contributed by atoms with Crippen LogP contribution in [0.4, 0.5) is 0 Å². The SMILES string of the molecule is CCOC(=O)COC(=O)c1cn(-c2cccc(Cl)c2)c(=O)c2ccccc12. The summed E-state index contributed by atoms with van der Waals surface area (Å²) in [5, 5.41) is 1.25. The number of esters is 2. The van der Waals surface area contributed by atoms with E-state index in [9.17, 15) is 14.4 Å². The molecule has 6 nitrogen and oxygen atoms in total. The van der Waals surface area contributed by atoms with Gasteiger partial charge in [-0.1, -0.05) is 35.9 Å². The molecule has 0 saturated carbocycles. The number of halogens is 1. The highest BCUT2D eigenvalue weighted by Crippen LogP contribution is 2.20. The molecular weight excluding hydrogens is 370 g/mol. The van der Waals surface area contributed by atoms with Gasteiger partial charge in [0.05, 0.1) is 17.9 Å². The minimum Gasteiger partial charge on any atom is -0.463 e. The first-order valence-corrected chi connectivity index (χ1v) is 8.62. The highest BCUT2D eigenvalue weighted by atomic mass is 35.5. The van der Waals surface area contributed by atoms with Crippen molar-refractivity contribution in [2.75, 3.05) is 13.2 Å². The first-order valence-electron chi connectivity index (χ1n) is 8.24. The van der Waals surface area contributed by atoms with E-state index in [0.717, 1.165) is 0 Å². The molecule has 0 aliphatic heterocycles. The van der Waals surface area contributed by atoms with Gasteiger partial charge in [0.2, 0.25) is 0 Å². The van der Waals surface area contributed by atoms with E-state index in [0.29, 0.717) is 21.5 Å². The molecule has 0 N–H and O–H groups in total. The summed E-state index contributed by atoms with van der Waals surface area (Å²) in [5.74, 6) is -1.37. The Bertz CT molecular complexity index is 1070. The van der Waals surface area contributed by atoms with E-state index in [1.807, 2.05) is 0 Å². The van der Waals surface area contributed by atoms with Crippen LogP contribution in [-0.2, 0) is 14.3 Å². The third-order valence-electron chi connectivity index (χ3n) is 3.86. The zero-order valence-corrected chi connectivity index (χ0v) is 15.2. The zero-order valence-electron chi connectivity index (χ0n) is 14.5. The Morgan fingerprint density at radius 2 is 1.78 bits per heavy atom. The van der Waals surface area contributed by atoms with Crippen LogP contribution in [0.25, 0.3) is 16.5 Å². The highest BCUT2D eigenvalue weighted by Gasteiger charge is 2.18. The largest absolute Gasteiger partial charge is 0.463 e. The van der Waals surface area contributed by atoms with Crippen molar-refractivity contribution >= 4 is 34.3 Å². The van der Waals surface area contributed by atoms with E-state index in [1.54, 1.807) is 55.5 Å². The van der Waals surface area contributed by atoms with Crippen molar-refractivity contribution in [3.63, 3.8) is 0 Å². The molecule has 0 bridgehead atoms. The summed E-state index contributed by atoms with van der Waals surface area (Å²) in [5.41, 5.74) is 0.377. The number of benzene rings is 2. The molecule has 2 aromatic carbocycles. The van der Waals surface area contributed by atoms with Gasteiger partial charge in [-0.25, -0.2) is 9.59 Å². The summed E-state index contributed by atoms with van der Waals surface area (Å²) < 4.78 is 11.1. The lowest BCUT2D eigenvalue weighted by Gasteiger charge is -2.12. The summed E-state index contributed by atoms with van der Waals surface area (Å²) in [7, 11) is 0. The first-order chi connectivity index (χ1) is 13.0. The fourth-order valence-corrected chi connectivity index (χ4v) is 2.86. The van der Waals surface area contributed by atoms with Crippen molar-refractivity contribution in [2.24, 2.45) is 0 Å². The number of pyridine rings is 1. The van der Waals surface area contributed by atoms with Crippen LogP contribution in [0, 0.1) is 0 Å². The van der Waals surface area contributed by atoms with E-state index < -0.39 is 18.5 Å². The highest BCUT2D eigenvalue weighted by molar-refractivity contribution is 6.30. The summed E-state index contributed by atoms with van der Waals surface area (Å²) in [4.78, 5) is 36.9. The number of hydrogen-bond acceptors (Lipinski definition) is 5. The van der Waals surface area contributed by atoms with Gasteiger partial charge in [-0.3, -0.25) is 9.36 Å². The van der Waals surface area contributed by atoms with Gasteiger partial charge < -0.3 is 9.47 Å². The lowest BCUT2D eigenvalue weighted by Crippen LogP contribution is -2.22. The molecule has 0 saturated heterocycles. The van der Waals surface area contributed by atoms with Crippen LogP contribution in [0.1, 0.15) is 17.3 Å². The maximum atomic E-state index is 12.9. The normalized spacial score (nSPS) is 10.6. The molecule has 0 fully saturated rings. The summed E-state index contributed by atoms with van der Waals surface area (Å²) in [6.07, 6.45) is 1.39. The van der Waals surface area contributed by atoms with E-state index >= 15 is 0 Å². The zero-order chi connectivity index (χ0) is 19.4. The summed E-state index contributed by atoms with van der Waals surface area (Å²) in [6.45, 7) is 1.35. The molecule has 0 spiro atoms. The van der Waals surface area contributed by atoms with E-state index in [4.69, 9.17) is 21.1 Å². The number of ether oxygens (including phenoxy) is 2. The molecule has 27 heavy (non-hydrogen) atoms. The predicted molar refractivity (Wildman–Crippen MR) is 101 cm³/mol. The number of aromatic nitrogens is 1. The van der Waals surface area contributed by atoms with Gasteiger partial charge >= 0.3 is 11.9 Å². The van der Waals surface area contributed by atoms with Gasteiger partial charge in [0.25, 0.3) is 5.56 Å². The molecule has 0 radical (unpaired) electrons. The minimum atomic E-state index is -0.727. The van der Waals surface area contributed by atoms with Gasteiger partial charge in [-0.15, -0.1) is 0 Å². The van der Waals surface area contributed by atoms with E-state index in [2.05, 4.69) is 0 Å². The van der Waals surface area contributed by atoms with Crippen molar-refractivity contribution in [1.29, 1.82) is 0 Å². The number of nitrogens with zero attached hydrogens (tertiary/aromatic N) is 1. The van der Waals surface area contributed by atoms with Crippen molar-refractivity contribution in [1.82, 2.24) is 4.57 Å². The number of rotatable bonds is 5. The number of hydrogen-bond donors (Lipinski definition) is 0. The summed E-state index contributed by atoms with van der Waals surface area (Å²) in [6, 6.07) is 13.4. The maximum Gasteiger partial charge on any atom is 0.344 e. The molecular formula is C20H16ClNO5. The molecule has 0 unspecified atom stereocenters. The fraction of sp³-hybridized carbons (Fsp3) is 0.150. The molecule has 3 rings (SSSR count). The quantitative estimate of drug-likeness (QED) is 0.629. The monoisotopic (exact) mass is 385 g/mol. The smallest absolute Gasteiger partial charge is 0.344 e. The van der Waals surface area contributed by atoms with Crippen molar-refractivity contribution in [3.05, 3.63) is 75.7 Å². The number of carbonyl (C=O) groups is 2. The molecule has 0 aliphatic carbocycles. The minimum absolute atomic E-state index is 0.162. The lowest BCUT2D eigenvalue weighted by molar-refractivity contribution is -0.146. The number of carbonyl (C=O) groups excluding carboxylic acids is 2. The van der Waals surface area contributed by atoms with Crippen LogP contribution in [0.3, 0.4) is 0 Å². The molecule has 0 atom stereocenters. The van der Waals surface area contributed by atoms with Crippen LogP contribution in [0.2, 0.25) is 5.02 Å². The molecule has 138 valence electrons. The van der Waals surface area contributed by atoms with Crippen LogP contribution < -0.4 is 5.56 Å². The summed E-state index contributed by atoms with van der Waals surface area (Å²) >= 11 is 6.02. The Morgan fingerprint density at radius 1 is 1.04 bits per heavy atom. The van der Waals surface area contributed by atoms with Gasteiger partial charge in [-0.05, 0) is 31.2 Å². The van der Waals surface area contributed by atoms with Gasteiger partial charge in [0.15, 0.2) is 6.61 Å². The Kier molecular flexibility index (Phi) is 5.57. The lowest BCUT2D eigenvalue weighted by atomic mass is 10.1. The van der Waals surface area contributed by atoms with Crippen LogP contribution in [-0.4, -0.2) is 29.7 Å². The van der Waals surface area contributed by atoms with Gasteiger partial charge in [0.1, 0.15) is 0 Å². The third-order valence-corrected chi connectivity index (χ3v) is 4.09. The van der Waals surface area contributed by atoms with Gasteiger partial charge in [-0.2, -0.15) is 0 Å². The molecule has 1 heterocycles.